The zero-order chi connectivity index (χ0) is 13.5. The molecule has 4 nitrogen and oxygen atoms in total. The Morgan fingerprint density at radius 2 is 1.61 bits per heavy atom. The van der Waals surface area contributed by atoms with Crippen molar-refractivity contribution < 1.29 is 0 Å². The second-order valence-electron chi connectivity index (χ2n) is 4.56. The quantitative estimate of drug-likeness (QED) is 0.741. The van der Waals surface area contributed by atoms with Crippen LogP contribution in [-0.4, -0.2) is 10.1 Å². The Balaban J connectivity index is 2.73. The van der Waals surface area contributed by atoms with Crippen LogP contribution in [-0.2, 0) is 0 Å². The Kier molecular flexibility index (Phi) is 5.88. The smallest absolute Gasteiger partial charge is 0.0987 e. The van der Waals surface area contributed by atoms with Gasteiger partial charge in [0.25, 0.3) is 0 Å². The third-order valence-electron chi connectivity index (χ3n) is 3.31. The third-order valence-corrected chi connectivity index (χ3v) is 4.26. The number of thioether (sulfide) groups is 1. The third kappa shape index (κ3) is 3.34. The lowest BCUT2D eigenvalue weighted by molar-refractivity contribution is 0.386. The van der Waals surface area contributed by atoms with E-state index in [0.717, 1.165) is 43.9 Å². The van der Waals surface area contributed by atoms with Crippen molar-refractivity contribution in [3.05, 3.63) is 0 Å². The fourth-order valence-corrected chi connectivity index (χ4v) is 3.22. The molecule has 1 aliphatic rings. The van der Waals surface area contributed by atoms with Crippen LogP contribution >= 0.6 is 11.8 Å². The highest BCUT2D eigenvalue weighted by atomic mass is 32.2. The molecule has 2 atom stereocenters. The van der Waals surface area contributed by atoms with E-state index in [2.05, 4.69) is 19.1 Å². The summed E-state index contributed by atoms with van der Waals surface area (Å²) < 4.78 is 0. The minimum Gasteiger partial charge on any atom is -0.297 e. The fraction of sp³-hybridized carbons (Fsp3) is 0.692. The molecule has 96 valence electrons. The molecule has 5 heteroatoms. The summed E-state index contributed by atoms with van der Waals surface area (Å²) in [7, 11) is 0. The molecule has 1 aliphatic heterocycles. The Labute approximate surface area is 112 Å². The highest BCUT2D eigenvalue weighted by Crippen LogP contribution is 2.38. The Morgan fingerprint density at radius 1 is 1.06 bits per heavy atom. The van der Waals surface area contributed by atoms with Crippen molar-refractivity contribution >= 4 is 21.8 Å². The maximum absolute atomic E-state index is 9.15. The lowest BCUT2D eigenvalue weighted by Crippen LogP contribution is -2.35. The van der Waals surface area contributed by atoms with Crippen molar-refractivity contribution in [3.63, 3.8) is 0 Å². The molecule has 0 radical (unpaired) electrons. The molecule has 18 heavy (non-hydrogen) atoms. The molecule has 1 rings (SSSR count). The molecule has 0 aromatic heterocycles. The topological polar surface area (TPSA) is 95.3 Å². The monoisotopic (exact) mass is 262 g/mol. The fourth-order valence-electron chi connectivity index (χ4n) is 2.28. The van der Waals surface area contributed by atoms with E-state index in [-0.39, 0.29) is 16.0 Å². The molecular weight excluding hydrogens is 244 g/mol. The van der Waals surface area contributed by atoms with Gasteiger partial charge in [0.2, 0.25) is 0 Å². The van der Waals surface area contributed by atoms with Gasteiger partial charge in [-0.25, -0.2) is 0 Å². The molecule has 2 unspecified atom stereocenters. The highest BCUT2D eigenvalue weighted by molar-refractivity contribution is 8.26. The van der Waals surface area contributed by atoms with E-state index in [0.29, 0.717) is 0 Å². The van der Waals surface area contributed by atoms with Gasteiger partial charge in [0.1, 0.15) is 0 Å². The second kappa shape index (κ2) is 7.18. The van der Waals surface area contributed by atoms with Crippen LogP contribution in [0.1, 0.15) is 39.0 Å². The Morgan fingerprint density at radius 3 is 2.06 bits per heavy atom. The number of nitrogens with zero attached hydrogens (tertiary/aromatic N) is 2. The van der Waals surface area contributed by atoms with Crippen molar-refractivity contribution in [1.29, 1.82) is 21.3 Å². The summed E-state index contributed by atoms with van der Waals surface area (Å²) in [5, 5.41) is 34.3. The maximum Gasteiger partial charge on any atom is 0.0987 e. The predicted octanol–water partition coefficient (Wildman–Crippen LogP) is 3.55. The molecule has 0 saturated carbocycles. The van der Waals surface area contributed by atoms with Crippen molar-refractivity contribution in [2.75, 3.05) is 0 Å². The average molecular weight is 262 g/mol. The van der Waals surface area contributed by atoms with Crippen molar-refractivity contribution in [1.82, 2.24) is 0 Å². The average Bonchev–Trinajstić information content (AvgIpc) is 2.34. The van der Waals surface area contributed by atoms with Gasteiger partial charge in [0.15, 0.2) is 0 Å². The Bertz CT molecular complexity index is 372. The number of rotatable bonds is 5. The van der Waals surface area contributed by atoms with Crippen molar-refractivity contribution in [2.45, 2.75) is 39.0 Å². The van der Waals surface area contributed by atoms with Gasteiger partial charge in [-0.05, 0) is 6.42 Å². The molecule has 1 fully saturated rings. The standard InChI is InChI=1S/C13H18N4S/c1-2-3-4-5-6-9-10(7-14)12(16)18-13(17)11(9)8-15/h9-11,16-17H,2-6H2,1H3. The van der Waals surface area contributed by atoms with E-state index in [4.69, 9.17) is 21.3 Å². The molecule has 0 amide bonds. The molecule has 1 saturated heterocycles. The van der Waals surface area contributed by atoms with Gasteiger partial charge in [-0.3, -0.25) is 10.8 Å². The largest absolute Gasteiger partial charge is 0.297 e. The van der Waals surface area contributed by atoms with Gasteiger partial charge >= 0.3 is 0 Å². The minimum atomic E-state index is -0.504. The zero-order valence-corrected chi connectivity index (χ0v) is 11.4. The number of nitriles is 2. The molecule has 0 aromatic carbocycles. The molecule has 0 bridgehead atoms. The van der Waals surface area contributed by atoms with Crippen LogP contribution < -0.4 is 0 Å². The summed E-state index contributed by atoms with van der Waals surface area (Å²) in [6, 6.07) is 4.27. The van der Waals surface area contributed by atoms with Gasteiger partial charge < -0.3 is 0 Å². The van der Waals surface area contributed by atoms with Crippen LogP contribution in [0.5, 0.6) is 0 Å². The van der Waals surface area contributed by atoms with Crippen molar-refractivity contribution in [2.24, 2.45) is 17.8 Å². The molecule has 0 aliphatic carbocycles. The van der Waals surface area contributed by atoms with Crippen LogP contribution in [0.3, 0.4) is 0 Å². The van der Waals surface area contributed by atoms with Crippen molar-refractivity contribution in [3.8, 4) is 12.1 Å². The minimum absolute atomic E-state index is 0.168. The van der Waals surface area contributed by atoms with E-state index in [1.165, 1.54) is 0 Å². The van der Waals surface area contributed by atoms with Crippen LogP contribution in [0.15, 0.2) is 0 Å². The maximum atomic E-state index is 9.15. The number of nitrogens with one attached hydrogen (secondary N) is 2. The van der Waals surface area contributed by atoms with Crippen LogP contribution in [0.4, 0.5) is 0 Å². The summed E-state index contributed by atoms with van der Waals surface area (Å²) >= 11 is 0.976. The van der Waals surface area contributed by atoms with Crippen LogP contribution in [0, 0.1) is 51.2 Å². The summed E-state index contributed by atoms with van der Waals surface area (Å²) in [6.45, 7) is 2.14. The molecule has 1 heterocycles. The summed E-state index contributed by atoms with van der Waals surface area (Å²) in [4.78, 5) is 0. The number of unbranched alkanes of at least 4 members (excludes halogenated alkanes) is 3. The van der Waals surface area contributed by atoms with E-state index in [1.807, 2.05) is 0 Å². The van der Waals surface area contributed by atoms with Crippen LogP contribution in [0.2, 0.25) is 0 Å². The normalized spacial score (nSPS) is 27.6. The van der Waals surface area contributed by atoms with Gasteiger partial charge in [-0.1, -0.05) is 44.4 Å². The molecule has 0 spiro atoms. The predicted molar refractivity (Wildman–Crippen MR) is 73.5 cm³/mol. The first-order valence-corrected chi connectivity index (χ1v) is 7.11. The van der Waals surface area contributed by atoms with Crippen LogP contribution in [0.25, 0.3) is 0 Å². The first-order valence-electron chi connectivity index (χ1n) is 6.29. The lowest BCUT2D eigenvalue weighted by atomic mass is 9.79. The van der Waals surface area contributed by atoms with Gasteiger partial charge in [0, 0.05) is 5.92 Å². The molecule has 0 aromatic rings. The van der Waals surface area contributed by atoms with E-state index >= 15 is 0 Å². The second-order valence-corrected chi connectivity index (χ2v) is 5.64. The number of hydrogen-bond donors (Lipinski definition) is 2. The first-order chi connectivity index (χ1) is 8.65. The number of hydrogen-bond acceptors (Lipinski definition) is 5. The summed E-state index contributed by atoms with van der Waals surface area (Å²) in [6.07, 6.45) is 5.14. The summed E-state index contributed by atoms with van der Waals surface area (Å²) in [5.74, 6) is -1.18. The van der Waals surface area contributed by atoms with Gasteiger partial charge in [-0.2, -0.15) is 10.5 Å². The molecular formula is C13H18N4S. The zero-order valence-electron chi connectivity index (χ0n) is 10.6. The first kappa shape index (κ1) is 14.7. The lowest BCUT2D eigenvalue weighted by Gasteiger charge is -2.31. The Hall–Kier alpha value is -1.33. The van der Waals surface area contributed by atoms with E-state index < -0.39 is 11.8 Å². The van der Waals surface area contributed by atoms with E-state index in [1.54, 1.807) is 0 Å². The van der Waals surface area contributed by atoms with E-state index in [9.17, 15) is 0 Å². The van der Waals surface area contributed by atoms with Gasteiger partial charge in [0.05, 0.1) is 34.1 Å². The SMILES string of the molecule is CCCCCCC1C(C#N)C(=N)SC(=N)C1C#N. The molecule has 2 N–H and O–H groups in total. The summed E-state index contributed by atoms with van der Waals surface area (Å²) in [5.41, 5.74) is 0. The highest BCUT2D eigenvalue weighted by Gasteiger charge is 2.40. The van der Waals surface area contributed by atoms with Gasteiger partial charge in [-0.15, -0.1) is 0 Å².